The van der Waals surface area contributed by atoms with E-state index in [1.807, 2.05) is 60.7 Å². The fraction of sp³-hybridized carbons (Fsp3) is 0.167. The first-order valence-electron chi connectivity index (χ1n) is 9.71. The number of nitrogens with zero attached hydrogens (tertiary/aromatic N) is 2. The number of carboxylic acids is 1. The Bertz CT molecular complexity index is 1210. The highest BCUT2D eigenvalue weighted by Gasteiger charge is 2.19. The normalized spacial score (nSPS) is 12.1. The molecule has 0 fully saturated rings. The Hall–Kier alpha value is -3.64. The molecule has 0 aliphatic rings. The fourth-order valence-corrected chi connectivity index (χ4v) is 3.65. The minimum Gasteiger partial charge on any atom is -0.478 e. The number of hydrogen-bond donors (Lipinski definition) is 2. The van der Waals surface area contributed by atoms with Gasteiger partial charge in [-0.1, -0.05) is 48.5 Å². The standard InChI is InChI=1S/C24H22N2O4/c1-3-30-21-14-26-20(25-21)13-8-15(2)22(26)23(27)17-11-9-16(10-12-17)18-6-4-5-7-19(18)24(28)29/h4-14,23,27H,3H2,1-2H3,(H,28,29)/t23-/m1/s1. The van der Waals surface area contributed by atoms with Crippen LogP contribution < -0.4 is 4.74 Å². The molecule has 0 aliphatic carbocycles. The number of pyridine rings is 1. The number of aliphatic hydroxyl groups is 1. The maximum atomic E-state index is 11.5. The zero-order valence-electron chi connectivity index (χ0n) is 16.7. The molecule has 0 spiro atoms. The maximum absolute atomic E-state index is 11.5. The topological polar surface area (TPSA) is 84.1 Å². The van der Waals surface area contributed by atoms with Gasteiger partial charge in [0.1, 0.15) is 11.8 Å². The second-order valence-corrected chi connectivity index (χ2v) is 7.02. The molecule has 6 heteroatoms. The SMILES string of the molecule is CCOc1cn2c([C@H](O)c3ccc(-c4ccccc4C(=O)O)cc3)c(C)ccc2n1. The molecule has 0 saturated heterocycles. The van der Waals surface area contributed by atoms with E-state index >= 15 is 0 Å². The van der Waals surface area contributed by atoms with E-state index in [2.05, 4.69) is 4.98 Å². The van der Waals surface area contributed by atoms with Crippen LogP contribution in [0.2, 0.25) is 0 Å². The molecule has 0 saturated carbocycles. The molecule has 0 bridgehead atoms. The number of aliphatic hydroxyl groups excluding tert-OH is 1. The van der Waals surface area contributed by atoms with Crippen LogP contribution in [0.25, 0.3) is 16.8 Å². The van der Waals surface area contributed by atoms with Gasteiger partial charge in [-0.3, -0.25) is 4.40 Å². The van der Waals surface area contributed by atoms with Crippen molar-refractivity contribution in [1.29, 1.82) is 0 Å². The highest BCUT2D eigenvalue weighted by Crippen LogP contribution is 2.30. The smallest absolute Gasteiger partial charge is 0.336 e. The van der Waals surface area contributed by atoms with Gasteiger partial charge in [-0.25, -0.2) is 4.79 Å². The predicted molar refractivity (Wildman–Crippen MR) is 114 cm³/mol. The monoisotopic (exact) mass is 402 g/mol. The number of aromatic carboxylic acids is 1. The number of rotatable bonds is 6. The summed E-state index contributed by atoms with van der Waals surface area (Å²) in [5.74, 6) is -0.459. The number of aryl methyl sites for hydroxylation is 1. The molecule has 0 unspecified atom stereocenters. The van der Waals surface area contributed by atoms with Gasteiger partial charge in [-0.2, -0.15) is 4.98 Å². The quantitative estimate of drug-likeness (QED) is 0.496. The number of carbonyl (C=O) groups is 1. The van der Waals surface area contributed by atoms with Crippen molar-refractivity contribution in [2.75, 3.05) is 6.61 Å². The highest BCUT2D eigenvalue weighted by atomic mass is 16.5. The van der Waals surface area contributed by atoms with Crippen LogP contribution in [-0.2, 0) is 0 Å². The lowest BCUT2D eigenvalue weighted by molar-refractivity contribution is 0.0697. The lowest BCUT2D eigenvalue weighted by Gasteiger charge is -2.17. The first-order valence-corrected chi connectivity index (χ1v) is 9.71. The second kappa shape index (κ2) is 8.00. The number of aromatic nitrogens is 2. The summed E-state index contributed by atoms with van der Waals surface area (Å²) in [6.07, 6.45) is 0.906. The third kappa shape index (κ3) is 3.53. The minimum atomic E-state index is -0.970. The zero-order chi connectivity index (χ0) is 21.3. The molecule has 4 aromatic rings. The lowest BCUT2D eigenvalue weighted by Crippen LogP contribution is -2.08. The number of imidazole rings is 1. The molecule has 4 rings (SSSR count). The summed E-state index contributed by atoms with van der Waals surface area (Å²) in [4.78, 5) is 15.9. The third-order valence-corrected chi connectivity index (χ3v) is 5.10. The van der Waals surface area contributed by atoms with E-state index in [0.717, 1.165) is 11.1 Å². The Morgan fingerprint density at radius 2 is 1.83 bits per heavy atom. The van der Waals surface area contributed by atoms with E-state index in [0.29, 0.717) is 35.0 Å². The number of carboxylic acid groups (broad SMARTS) is 1. The van der Waals surface area contributed by atoms with Crippen molar-refractivity contribution < 1.29 is 19.7 Å². The maximum Gasteiger partial charge on any atom is 0.336 e. The van der Waals surface area contributed by atoms with E-state index in [1.165, 1.54) is 0 Å². The van der Waals surface area contributed by atoms with Crippen LogP contribution in [-0.4, -0.2) is 32.2 Å². The van der Waals surface area contributed by atoms with Crippen LogP contribution in [0.1, 0.15) is 40.2 Å². The average molecular weight is 402 g/mol. The Labute approximate surface area is 174 Å². The van der Waals surface area contributed by atoms with Gasteiger partial charge in [0.15, 0.2) is 0 Å². The van der Waals surface area contributed by atoms with E-state index in [-0.39, 0.29) is 5.56 Å². The van der Waals surface area contributed by atoms with Gasteiger partial charge in [0, 0.05) is 0 Å². The summed E-state index contributed by atoms with van der Waals surface area (Å²) >= 11 is 0. The average Bonchev–Trinajstić information content (AvgIpc) is 3.16. The van der Waals surface area contributed by atoms with Crippen molar-refractivity contribution in [2.45, 2.75) is 20.0 Å². The molecular formula is C24H22N2O4. The number of ether oxygens (including phenoxy) is 1. The van der Waals surface area contributed by atoms with Crippen LogP contribution >= 0.6 is 0 Å². The molecular weight excluding hydrogens is 380 g/mol. The second-order valence-electron chi connectivity index (χ2n) is 7.02. The number of benzene rings is 2. The van der Waals surface area contributed by atoms with Gasteiger partial charge < -0.3 is 14.9 Å². The van der Waals surface area contributed by atoms with Crippen LogP contribution in [0.5, 0.6) is 5.88 Å². The summed E-state index contributed by atoms with van der Waals surface area (Å²) in [6, 6.07) is 18.0. The number of hydrogen-bond acceptors (Lipinski definition) is 4. The van der Waals surface area contributed by atoms with Crippen LogP contribution in [0.4, 0.5) is 0 Å². The largest absolute Gasteiger partial charge is 0.478 e. The van der Waals surface area contributed by atoms with E-state index in [9.17, 15) is 15.0 Å². The molecule has 6 nitrogen and oxygen atoms in total. The van der Waals surface area contributed by atoms with Crippen LogP contribution in [0.15, 0.2) is 66.9 Å². The van der Waals surface area contributed by atoms with E-state index in [4.69, 9.17) is 4.74 Å². The molecule has 152 valence electrons. The molecule has 0 radical (unpaired) electrons. The Morgan fingerprint density at radius 1 is 1.10 bits per heavy atom. The predicted octanol–water partition coefficient (Wildman–Crippen LogP) is 4.49. The molecule has 0 aliphatic heterocycles. The molecule has 2 aromatic carbocycles. The summed E-state index contributed by atoms with van der Waals surface area (Å²) in [6.45, 7) is 4.35. The highest BCUT2D eigenvalue weighted by molar-refractivity contribution is 5.96. The fourth-order valence-electron chi connectivity index (χ4n) is 3.65. The van der Waals surface area contributed by atoms with Gasteiger partial charge in [-0.05, 0) is 48.2 Å². The van der Waals surface area contributed by atoms with Gasteiger partial charge >= 0.3 is 5.97 Å². The van der Waals surface area contributed by atoms with Crippen molar-refractivity contribution in [1.82, 2.24) is 9.38 Å². The van der Waals surface area contributed by atoms with Gasteiger partial charge in [0.05, 0.1) is 24.1 Å². The van der Waals surface area contributed by atoms with Gasteiger partial charge in [0.25, 0.3) is 0 Å². The summed E-state index contributed by atoms with van der Waals surface area (Å²) in [5, 5.41) is 20.6. The lowest BCUT2D eigenvalue weighted by atomic mass is 9.96. The van der Waals surface area contributed by atoms with Crippen molar-refractivity contribution in [2.24, 2.45) is 0 Å². The van der Waals surface area contributed by atoms with Crippen molar-refractivity contribution in [3.63, 3.8) is 0 Å². The van der Waals surface area contributed by atoms with Crippen molar-refractivity contribution >= 4 is 11.6 Å². The first-order chi connectivity index (χ1) is 14.5. The van der Waals surface area contributed by atoms with E-state index < -0.39 is 12.1 Å². The Kier molecular flexibility index (Phi) is 5.25. The summed E-state index contributed by atoms with van der Waals surface area (Å²) in [5.41, 5.74) is 4.70. The van der Waals surface area contributed by atoms with Crippen LogP contribution in [0, 0.1) is 6.92 Å². The summed E-state index contributed by atoms with van der Waals surface area (Å²) in [7, 11) is 0. The number of fused-ring (bicyclic) bond motifs is 1. The molecule has 0 amide bonds. The van der Waals surface area contributed by atoms with Gasteiger partial charge in [-0.15, -0.1) is 0 Å². The van der Waals surface area contributed by atoms with Gasteiger partial charge in [0.2, 0.25) is 5.88 Å². The molecule has 2 heterocycles. The third-order valence-electron chi connectivity index (χ3n) is 5.10. The Morgan fingerprint density at radius 3 is 2.53 bits per heavy atom. The van der Waals surface area contributed by atoms with Crippen molar-refractivity contribution in [3.8, 4) is 17.0 Å². The molecule has 30 heavy (non-hydrogen) atoms. The minimum absolute atomic E-state index is 0.244. The zero-order valence-corrected chi connectivity index (χ0v) is 16.7. The summed E-state index contributed by atoms with van der Waals surface area (Å²) < 4.78 is 7.35. The molecule has 2 N–H and O–H groups in total. The molecule has 2 aromatic heterocycles. The van der Waals surface area contributed by atoms with Crippen LogP contribution in [0.3, 0.4) is 0 Å². The first kappa shape index (κ1) is 19.7. The van der Waals surface area contributed by atoms with E-state index in [1.54, 1.807) is 24.4 Å². The van der Waals surface area contributed by atoms with Crippen molar-refractivity contribution in [3.05, 3.63) is 89.2 Å². The molecule has 1 atom stereocenters. The Balaban J connectivity index is 1.72.